The number of nitrogens with zero attached hydrogens (tertiary/aromatic N) is 4. The Morgan fingerprint density at radius 3 is 1.97 bits per heavy atom. The molecule has 9 heteroatoms. The predicted octanol–water partition coefficient (Wildman–Crippen LogP) is 0.637. The first-order chi connectivity index (χ1) is 14.2. The zero-order valence-electron chi connectivity index (χ0n) is 18.6. The van der Waals surface area contributed by atoms with Gasteiger partial charge in [0.05, 0.1) is 19.8 Å². The van der Waals surface area contributed by atoms with Gasteiger partial charge in [-0.1, -0.05) is 0 Å². The molecular formula is C21H36N4O5. The molecule has 170 valence electrons. The largest absolute Gasteiger partial charge is 0.444 e. The highest BCUT2D eigenvalue weighted by Crippen LogP contribution is 2.22. The molecule has 0 saturated carbocycles. The fourth-order valence-electron chi connectivity index (χ4n) is 4.12. The number of likely N-dealkylation sites (tertiary alicyclic amines) is 1. The van der Waals surface area contributed by atoms with Crippen molar-refractivity contribution in [2.45, 2.75) is 39.2 Å². The molecule has 0 unspecified atom stereocenters. The standard InChI is InChI=1S/C21H36N4O5/c1-21(2,3)30-20(28)25-6-4-17(5-7-25)19(27)24-10-8-23(9-11-24)18(26)16-22-12-14-29-15-13-22/h17H,4-16H2,1-3H3. The van der Waals surface area contributed by atoms with Crippen LogP contribution in [0.2, 0.25) is 0 Å². The number of hydrogen-bond donors (Lipinski definition) is 0. The minimum Gasteiger partial charge on any atom is -0.444 e. The van der Waals surface area contributed by atoms with Crippen molar-refractivity contribution in [1.29, 1.82) is 0 Å². The van der Waals surface area contributed by atoms with Crippen molar-refractivity contribution in [3.63, 3.8) is 0 Å². The molecule has 0 spiro atoms. The van der Waals surface area contributed by atoms with Crippen molar-refractivity contribution in [3.8, 4) is 0 Å². The number of amides is 3. The van der Waals surface area contributed by atoms with Gasteiger partial charge in [-0.3, -0.25) is 14.5 Å². The van der Waals surface area contributed by atoms with E-state index in [1.54, 1.807) is 4.90 Å². The Morgan fingerprint density at radius 1 is 0.833 bits per heavy atom. The second kappa shape index (κ2) is 9.96. The van der Waals surface area contributed by atoms with Crippen LogP contribution in [0.5, 0.6) is 0 Å². The number of morpholine rings is 1. The molecule has 3 rings (SSSR count). The summed E-state index contributed by atoms with van der Waals surface area (Å²) in [5.74, 6) is 0.230. The molecule has 0 aromatic heterocycles. The van der Waals surface area contributed by atoms with E-state index in [2.05, 4.69) is 4.90 Å². The maximum atomic E-state index is 12.9. The van der Waals surface area contributed by atoms with Crippen molar-refractivity contribution in [2.24, 2.45) is 5.92 Å². The van der Waals surface area contributed by atoms with Crippen LogP contribution >= 0.6 is 0 Å². The number of piperazine rings is 1. The van der Waals surface area contributed by atoms with Crippen LogP contribution in [0, 0.1) is 5.92 Å². The lowest BCUT2D eigenvalue weighted by molar-refractivity contribution is -0.144. The minimum atomic E-state index is -0.511. The Bertz CT molecular complexity index is 613. The van der Waals surface area contributed by atoms with E-state index in [1.165, 1.54) is 0 Å². The molecule has 0 N–H and O–H groups in total. The monoisotopic (exact) mass is 424 g/mol. The van der Waals surface area contributed by atoms with Crippen molar-refractivity contribution >= 4 is 17.9 Å². The van der Waals surface area contributed by atoms with E-state index in [9.17, 15) is 14.4 Å². The fraction of sp³-hybridized carbons (Fsp3) is 0.857. The first-order valence-corrected chi connectivity index (χ1v) is 11.1. The Kier molecular flexibility index (Phi) is 7.57. The lowest BCUT2D eigenvalue weighted by Gasteiger charge is -2.39. The summed E-state index contributed by atoms with van der Waals surface area (Å²) in [4.78, 5) is 45.2. The van der Waals surface area contributed by atoms with Gasteiger partial charge in [0.25, 0.3) is 0 Å². The normalized spacial score (nSPS) is 22.2. The average molecular weight is 425 g/mol. The van der Waals surface area contributed by atoms with Gasteiger partial charge in [-0.15, -0.1) is 0 Å². The number of hydrogen-bond acceptors (Lipinski definition) is 6. The van der Waals surface area contributed by atoms with Gasteiger partial charge < -0.3 is 24.2 Å². The lowest BCUT2D eigenvalue weighted by atomic mass is 9.95. The zero-order valence-corrected chi connectivity index (χ0v) is 18.6. The molecule has 3 fully saturated rings. The summed E-state index contributed by atoms with van der Waals surface area (Å²) >= 11 is 0. The highest BCUT2D eigenvalue weighted by Gasteiger charge is 2.33. The summed E-state index contributed by atoms with van der Waals surface area (Å²) in [5, 5.41) is 0. The Morgan fingerprint density at radius 2 is 1.40 bits per heavy atom. The summed E-state index contributed by atoms with van der Waals surface area (Å²) in [6.07, 6.45) is 1.02. The van der Waals surface area contributed by atoms with E-state index in [-0.39, 0.29) is 23.8 Å². The van der Waals surface area contributed by atoms with E-state index in [0.29, 0.717) is 71.9 Å². The summed E-state index contributed by atoms with van der Waals surface area (Å²) in [7, 11) is 0. The van der Waals surface area contributed by atoms with Crippen molar-refractivity contribution < 1.29 is 23.9 Å². The van der Waals surface area contributed by atoms with Crippen molar-refractivity contribution in [1.82, 2.24) is 19.6 Å². The SMILES string of the molecule is CC(C)(C)OC(=O)N1CCC(C(=O)N2CCN(C(=O)CN3CCOCC3)CC2)CC1. The summed E-state index contributed by atoms with van der Waals surface area (Å²) in [6.45, 7) is 12.4. The van der Waals surface area contributed by atoms with E-state index in [0.717, 1.165) is 13.1 Å². The van der Waals surface area contributed by atoms with Crippen LogP contribution in [-0.2, 0) is 19.1 Å². The zero-order chi connectivity index (χ0) is 21.7. The first kappa shape index (κ1) is 22.8. The van der Waals surface area contributed by atoms with Crippen LogP contribution in [0.4, 0.5) is 4.79 Å². The summed E-state index contributed by atoms with van der Waals surface area (Å²) in [6, 6.07) is 0. The van der Waals surface area contributed by atoms with Gasteiger partial charge in [0.2, 0.25) is 11.8 Å². The highest BCUT2D eigenvalue weighted by molar-refractivity contribution is 5.81. The van der Waals surface area contributed by atoms with Crippen LogP contribution in [-0.4, -0.2) is 115 Å². The van der Waals surface area contributed by atoms with Gasteiger partial charge in [-0.25, -0.2) is 4.79 Å². The van der Waals surface area contributed by atoms with Crippen LogP contribution in [0.15, 0.2) is 0 Å². The molecule has 9 nitrogen and oxygen atoms in total. The van der Waals surface area contributed by atoms with Crippen molar-refractivity contribution in [2.75, 3.05) is 72.1 Å². The lowest BCUT2D eigenvalue weighted by Crippen LogP contribution is -2.55. The second-order valence-electron chi connectivity index (χ2n) is 9.34. The fourth-order valence-corrected chi connectivity index (χ4v) is 4.12. The molecule has 0 aliphatic carbocycles. The molecule has 0 aromatic rings. The number of ether oxygens (including phenoxy) is 2. The van der Waals surface area contributed by atoms with E-state index in [4.69, 9.17) is 9.47 Å². The maximum absolute atomic E-state index is 12.9. The third-order valence-corrected chi connectivity index (χ3v) is 5.90. The Balaban J connectivity index is 1.39. The molecule has 3 saturated heterocycles. The third-order valence-electron chi connectivity index (χ3n) is 5.90. The second-order valence-corrected chi connectivity index (χ2v) is 9.34. The number of carbonyl (C=O) groups excluding carboxylic acids is 3. The van der Waals surface area contributed by atoms with Gasteiger partial charge in [0.1, 0.15) is 5.60 Å². The molecule has 0 aromatic carbocycles. The maximum Gasteiger partial charge on any atom is 0.410 e. The topological polar surface area (TPSA) is 82.6 Å². The number of carbonyl (C=O) groups is 3. The summed E-state index contributed by atoms with van der Waals surface area (Å²) < 4.78 is 10.7. The molecule has 3 amide bonds. The van der Waals surface area contributed by atoms with E-state index in [1.807, 2.05) is 30.6 Å². The third kappa shape index (κ3) is 6.31. The van der Waals surface area contributed by atoms with Gasteiger partial charge in [-0.2, -0.15) is 0 Å². The quantitative estimate of drug-likeness (QED) is 0.661. The molecule has 0 atom stereocenters. The molecule has 0 radical (unpaired) electrons. The van der Waals surface area contributed by atoms with Crippen LogP contribution in [0.3, 0.4) is 0 Å². The molecule has 30 heavy (non-hydrogen) atoms. The molecular weight excluding hydrogens is 388 g/mol. The Labute approximate surface area is 179 Å². The minimum absolute atomic E-state index is 0.0562. The first-order valence-electron chi connectivity index (χ1n) is 11.1. The Hall–Kier alpha value is -1.87. The van der Waals surface area contributed by atoms with Gasteiger partial charge in [0, 0.05) is 58.3 Å². The van der Waals surface area contributed by atoms with Crippen molar-refractivity contribution in [3.05, 3.63) is 0 Å². The predicted molar refractivity (Wildman–Crippen MR) is 111 cm³/mol. The molecule has 3 heterocycles. The van der Waals surface area contributed by atoms with E-state index >= 15 is 0 Å². The van der Waals surface area contributed by atoms with Crippen LogP contribution < -0.4 is 0 Å². The molecule has 0 bridgehead atoms. The van der Waals surface area contributed by atoms with Gasteiger partial charge in [0.15, 0.2) is 0 Å². The molecule has 3 aliphatic rings. The average Bonchev–Trinajstić information content (AvgIpc) is 2.73. The molecule has 3 aliphatic heterocycles. The smallest absolute Gasteiger partial charge is 0.410 e. The summed E-state index contributed by atoms with van der Waals surface area (Å²) in [5.41, 5.74) is -0.511. The number of rotatable bonds is 3. The van der Waals surface area contributed by atoms with Crippen LogP contribution in [0.25, 0.3) is 0 Å². The van der Waals surface area contributed by atoms with Gasteiger partial charge in [-0.05, 0) is 33.6 Å². The van der Waals surface area contributed by atoms with Crippen LogP contribution in [0.1, 0.15) is 33.6 Å². The number of piperidine rings is 1. The highest BCUT2D eigenvalue weighted by atomic mass is 16.6. The van der Waals surface area contributed by atoms with E-state index < -0.39 is 5.60 Å². The van der Waals surface area contributed by atoms with Gasteiger partial charge >= 0.3 is 6.09 Å².